The first-order valence-corrected chi connectivity index (χ1v) is 6.35. The lowest BCUT2D eigenvalue weighted by atomic mass is 10.3. The highest BCUT2D eigenvalue weighted by Gasteiger charge is 1.97. The molecule has 0 saturated carbocycles. The van der Waals surface area contributed by atoms with Gasteiger partial charge in [-0.05, 0) is 41.7 Å². The smallest absolute Gasteiger partial charge is 0.118 e. The molecular formula is C13H13OPS. The van der Waals surface area contributed by atoms with Gasteiger partial charge in [0.15, 0.2) is 0 Å². The zero-order chi connectivity index (χ0) is 11.4. The summed E-state index contributed by atoms with van der Waals surface area (Å²) in [6.07, 6.45) is 0. The largest absolute Gasteiger partial charge is 0.497 e. The van der Waals surface area contributed by atoms with Gasteiger partial charge in [-0.2, -0.15) is 0 Å². The summed E-state index contributed by atoms with van der Waals surface area (Å²) in [6, 6.07) is 16.5. The summed E-state index contributed by atoms with van der Waals surface area (Å²) >= 11 is 1.75. The topological polar surface area (TPSA) is 9.23 Å². The summed E-state index contributed by atoms with van der Waals surface area (Å²) in [7, 11) is 4.37. The standard InChI is InChI=1S/C13H13OPS/c1-14-10-2-6-12(7-3-10)16-13-8-4-11(15)5-9-13/h2-9H,15H2,1H3. The third-order valence-electron chi connectivity index (χ3n) is 2.18. The SMILES string of the molecule is COc1ccc(Sc2ccc(P)cc2)cc1. The molecule has 0 aliphatic heterocycles. The predicted octanol–water partition coefficient (Wildman–Crippen LogP) is 3.35. The van der Waals surface area contributed by atoms with E-state index in [1.807, 2.05) is 12.1 Å². The third kappa shape index (κ3) is 3.01. The van der Waals surface area contributed by atoms with E-state index in [4.69, 9.17) is 4.74 Å². The quantitative estimate of drug-likeness (QED) is 0.770. The van der Waals surface area contributed by atoms with Crippen molar-refractivity contribution in [2.75, 3.05) is 7.11 Å². The molecule has 0 aliphatic carbocycles. The van der Waals surface area contributed by atoms with Crippen LogP contribution in [0.25, 0.3) is 0 Å². The maximum absolute atomic E-state index is 5.12. The highest BCUT2D eigenvalue weighted by atomic mass is 32.2. The first kappa shape index (κ1) is 11.5. The maximum Gasteiger partial charge on any atom is 0.118 e. The van der Waals surface area contributed by atoms with Crippen molar-refractivity contribution < 1.29 is 4.74 Å². The number of rotatable bonds is 3. The Hall–Kier alpha value is -0.980. The number of methoxy groups -OCH3 is 1. The molecule has 1 atom stereocenters. The van der Waals surface area contributed by atoms with E-state index in [2.05, 4.69) is 45.6 Å². The average molecular weight is 248 g/mol. The Kier molecular flexibility index (Phi) is 3.87. The summed E-state index contributed by atoms with van der Waals surface area (Å²) in [5.74, 6) is 0.893. The molecule has 2 aromatic carbocycles. The van der Waals surface area contributed by atoms with Crippen LogP contribution in [0.15, 0.2) is 58.3 Å². The van der Waals surface area contributed by atoms with Gasteiger partial charge in [-0.25, -0.2) is 0 Å². The highest BCUT2D eigenvalue weighted by molar-refractivity contribution is 7.99. The van der Waals surface area contributed by atoms with Crippen molar-refractivity contribution in [1.82, 2.24) is 0 Å². The normalized spacial score (nSPS) is 10.1. The molecule has 3 heteroatoms. The van der Waals surface area contributed by atoms with Crippen LogP contribution in [0.5, 0.6) is 5.75 Å². The van der Waals surface area contributed by atoms with Crippen molar-refractivity contribution in [1.29, 1.82) is 0 Å². The molecule has 0 spiro atoms. The Labute approximate surface area is 102 Å². The molecule has 1 unspecified atom stereocenters. The van der Waals surface area contributed by atoms with Gasteiger partial charge < -0.3 is 4.74 Å². The van der Waals surface area contributed by atoms with E-state index >= 15 is 0 Å². The fourth-order valence-electron chi connectivity index (χ4n) is 1.32. The van der Waals surface area contributed by atoms with Gasteiger partial charge in [0, 0.05) is 9.79 Å². The van der Waals surface area contributed by atoms with Gasteiger partial charge in [-0.1, -0.05) is 23.9 Å². The van der Waals surface area contributed by atoms with E-state index in [1.54, 1.807) is 18.9 Å². The fraction of sp³-hybridized carbons (Fsp3) is 0.0769. The number of hydrogen-bond donors (Lipinski definition) is 0. The highest BCUT2D eigenvalue weighted by Crippen LogP contribution is 2.28. The Morgan fingerprint density at radius 2 is 1.38 bits per heavy atom. The molecular weight excluding hydrogens is 235 g/mol. The zero-order valence-electron chi connectivity index (χ0n) is 9.01. The maximum atomic E-state index is 5.12. The lowest BCUT2D eigenvalue weighted by molar-refractivity contribution is 0.414. The molecule has 82 valence electrons. The molecule has 16 heavy (non-hydrogen) atoms. The van der Waals surface area contributed by atoms with Crippen molar-refractivity contribution in [2.45, 2.75) is 9.79 Å². The van der Waals surface area contributed by atoms with Gasteiger partial charge in [0.2, 0.25) is 0 Å². The molecule has 0 heterocycles. The van der Waals surface area contributed by atoms with Crippen molar-refractivity contribution >= 4 is 26.3 Å². The van der Waals surface area contributed by atoms with Crippen LogP contribution in [0.2, 0.25) is 0 Å². The summed E-state index contributed by atoms with van der Waals surface area (Å²) in [4.78, 5) is 2.47. The van der Waals surface area contributed by atoms with Crippen molar-refractivity contribution in [3.8, 4) is 5.75 Å². The second-order valence-electron chi connectivity index (χ2n) is 3.35. The number of ether oxygens (including phenoxy) is 1. The van der Waals surface area contributed by atoms with Crippen LogP contribution in [0, 0.1) is 0 Å². The van der Waals surface area contributed by atoms with E-state index in [0.717, 1.165) is 5.75 Å². The van der Waals surface area contributed by atoms with Crippen LogP contribution >= 0.6 is 21.0 Å². The van der Waals surface area contributed by atoms with Gasteiger partial charge in [-0.15, -0.1) is 9.24 Å². The Morgan fingerprint density at radius 1 is 0.875 bits per heavy atom. The lowest BCUT2D eigenvalue weighted by Crippen LogP contribution is -1.86. The molecule has 0 saturated heterocycles. The molecule has 0 radical (unpaired) electrons. The van der Waals surface area contributed by atoms with Crippen LogP contribution < -0.4 is 10.0 Å². The van der Waals surface area contributed by atoms with Crippen LogP contribution in [-0.4, -0.2) is 7.11 Å². The van der Waals surface area contributed by atoms with E-state index in [0.29, 0.717) is 0 Å². The molecule has 0 amide bonds. The molecule has 0 N–H and O–H groups in total. The molecule has 0 bridgehead atoms. The minimum Gasteiger partial charge on any atom is -0.497 e. The van der Waals surface area contributed by atoms with Gasteiger partial charge in [0.05, 0.1) is 7.11 Å². The van der Waals surface area contributed by atoms with Gasteiger partial charge in [0.1, 0.15) is 5.75 Å². The molecule has 1 nitrogen and oxygen atoms in total. The Bertz CT molecular complexity index is 450. The van der Waals surface area contributed by atoms with Gasteiger partial charge >= 0.3 is 0 Å². The first-order chi connectivity index (χ1) is 7.78. The first-order valence-electron chi connectivity index (χ1n) is 4.95. The summed E-state index contributed by atoms with van der Waals surface area (Å²) < 4.78 is 5.12. The van der Waals surface area contributed by atoms with E-state index in [1.165, 1.54) is 15.1 Å². The molecule has 0 aromatic heterocycles. The third-order valence-corrected chi connectivity index (χ3v) is 3.58. The minimum absolute atomic E-state index is 0.893. The average Bonchev–Trinajstić information content (AvgIpc) is 2.33. The predicted molar refractivity (Wildman–Crippen MR) is 72.9 cm³/mol. The van der Waals surface area contributed by atoms with Crippen molar-refractivity contribution in [2.24, 2.45) is 0 Å². The van der Waals surface area contributed by atoms with Crippen LogP contribution in [0.3, 0.4) is 0 Å². The Morgan fingerprint density at radius 3 is 1.88 bits per heavy atom. The van der Waals surface area contributed by atoms with Gasteiger partial charge in [-0.3, -0.25) is 0 Å². The summed E-state index contributed by atoms with van der Waals surface area (Å²) in [5, 5.41) is 1.21. The lowest BCUT2D eigenvalue weighted by Gasteiger charge is -2.03. The second kappa shape index (κ2) is 5.38. The molecule has 2 rings (SSSR count). The number of benzene rings is 2. The van der Waals surface area contributed by atoms with Crippen LogP contribution in [0.1, 0.15) is 0 Å². The number of hydrogen-bond acceptors (Lipinski definition) is 2. The molecule has 0 fully saturated rings. The van der Waals surface area contributed by atoms with Crippen molar-refractivity contribution in [3.05, 3.63) is 48.5 Å². The zero-order valence-corrected chi connectivity index (χ0v) is 11.0. The van der Waals surface area contributed by atoms with Crippen molar-refractivity contribution in [3.63, 3.8) is 0 Å². The van der Waals surface area contributed by atoms with E-state index in [-0.39, 0.29) is 0 Å². The van der Waals surface area contributed by atoms with Crippen LogP contribution in [0.4, 0.5) is 0 Å². The summed E-state index contributed by atoms with van der Waals surface area (Å²) in [5.41, 5.74) is 0. The molecule has 2 aromatic rings. The monoisotopic (exact) mass is 248 g/mol. The Balaban J connectivity index is 2.11. The fourth-order valence-corrected chi connectivity index (χ4v) is 2.32. The van der Waals surface area contributed by atoms with Crippen LogP contribution in [-0.2, 0) is 0 Å². The van der Waals surface area contributed by atoms with E-state index in [9.17, 15) is 0 Å². The van der Waals surface area contributed by atoms with Gasteiger partial charge in [0.25, 0.3) is 0 Å². The van der Waals surface area contributed by atoms with E-state index < -0.39 is 0 Å². The second-order valence-corrected chi connectivity index (χ2v) is 5.16. The summed E-state index contributed by atoms with van der Waals surface area (Å²) in [6.45, 7) is 0. The minimum atomic E-state index is 0.893. The molecule has 0 aliphatic rings.